The second-order valence-electron chi connectivity index (χ2n) is 0.890. The van der Waals surface area contributed by atoms with Gasteiger partial charge in [0.25, 0.3) is 0 Å². The van der Waals surface area contributed by atoms with Crippen LogP contribution in [0.3, 0.4) is 0 Å². The minimum Gasteiger partial charge on any atom is -0.270 e. The first-order valence-corrected chi connectivity index (χ1v) is 2.00. The molecule has 0 saturated heterocycles. The molecule has 0 radical (unpaired) electrons. The highest BCUT2D eigenvalue weighted by Gasteiger charge is 1.48. The summed E-state index contributed by atoms with van der Waals surface area (Å²) in [6.07, 6.45) is 5.39. The van der Waals surface area contributed by atoms with Gasteiger partial charge in [-0.1, -0.05) is 6.08 Å². The Balaban J connectivity index is 3.07. The second-order valence-corrected chi connectivity index (χ2v) is 0.890. The molecule has 0 amide bonds. The molecule has 0 aromatic carbocycles. The van der Waals surface area contributed by atoms with Crippen molar-refractivity contribution in [3.05, 3.63) is 12.3 Å². The molecule has 6 heavy (non-hydrogen) atoms. The summed E-state index contributed by atoms with van der Waals surface area (Å²) in [4.78, 5) is 3.78. The molecular weight excluding hydrogens is 74.1 g/mol. The predicted molar refractivity (Wildman–Crippen MR) is 29.0 cm³/mol. The van der Waals surface area contributed by atoms with E-state index in [4.69, 9.17) is 0 Å². The summed E-state index contributed by atoms with van der Waals surface area (Å²) in [6.45, 7) is 3.83. The number of rotatable bonds is 1. The number of allylic oxidation sites excluding steroid dienone is 1. The van der Waals surface area contributed by atoms with E-state index in [1.54, 1.807) is 12.4 Å². The first-order chi connectivity index (χ1) is 2.91. The van der Waals surface area contributed by atoms with Crippen molar-refractivity contribution in [1.29, 1.82) is 0 Å². The molecule has 0 aliphatic carbocycles. The first-order valence-electron chi connectivity index (χ1n) is 2.00. The van der Waals surface area contributed by atoms with E-state index in [0.717, 1.165) is 0 Å². The molecule has 0 aliphatic rings. The SMILES string of the molecule is CC=N/C=C/C. The highest BCUT2D eigenvalue weighted by Crippen LogP contribution is 1.67. The maximum absolute atomic E-state index is 3.78. The lowest BCUT2D eigenvalue weighted by Gasteiger charge is -1.64. The molecule has 0 N–H and O–H groups in total. The molecule has 0 atom stereocenters. The van der Waals surface area contributed by atoms with Crippen LogP contribution in [-0.2, 0) is 0 Å². The van der Waals surface area contributed by atoms with Gasteiger partial charge in [-0.15, -0.1) is 0 Å². The highest BCUT2D eigenvalue weighted by molar-refractivity contribution is 5.54. The third-order valence-corrected chi connectivity index (χ3v) is 0.384. The van der Waals surface area contributed by atoms with Crippen LogP contribution in [-0.4, -0.2) is 6.21 Å². The zero-order valence-electron chi connectivity index (χ0n) is 4.18. The van der Waals surface area contributed by atoms with Crippen molar-refractivity contribution in [2.75, 3.05) is 0 Å². The molecule has 0 heterocycles. The molecule has 0 aromatic rings. The molecule has 0 rings (SSSR count). The van der Waals surface area contributed by atoms with Gasteiger partial charge in [-0.2, -0.15) is 0 Å². The average molecular weight is 83.1 g/mol. The quantitative estimate of drug-likeness (QED) is 0.427. The summed E-state index contributed by atoms with van der Waals surface area (Å²) in [6, 6.07) is 0. The monoisotopic (exact) mass is 83.1 g/mol. The fourth-order valence-electron chi connectivity index (χ4n) is 0.172. The van der Waals surface area contributed by atoms with E-state index in [2.05, 4.69) is 4.99 Å². The fraction of sp³-hybridized carbons (Fsp3) is 0.400. The Morgan fingerprint density at radius 3 is 2.17 bits per heavy atom. The largest absolute Gasteiger partial charge is 0.270 e. The van der Waals surface area contributed by atoms with Crippen molar-refractivity contribution >= 4 is 6.21 Å². The van der Waals surface area contributed by atoms with Crippen molar-refractivity contribution in [1.82, 2.24) is 0 Å². The lowest BCUT2D eigenvalue weighted by atomic mass is 10.7. The maximum Gasteiger partial charge on any atom is 0.0221 e. The van der Waals surface area contributed by atoms with Crippen molar-refractivity contribution < 1.29 is 0 Å². The first kappa shape index (κ1) is 5.41. The van der Waals surface area contributed by atoms with Crippen LogP contribution in [0.25, 0.3) is 0 Å². The Morgan fingerprint density at radius 1 is 1.33 bits per heavy atom. The Labute approximate surface area is 38.4 Å². The molecule has 0 spiro atoms. The van der Waals surface area contributed by atoms with Crippen LogP contribution in [0.4, 0.5) is 0 Å². The van der Waals surface area contributed by atoms with Gasteiger partial charge >= 0.3 is 0 Å². The van der Waals surface area contributed by atoms with Crippen molar-refractivity contribution in [3.63, 3.8) is 0 Å². The Kier molecular flexibility index (Phi) is 3.98. The van der Waals surface area contributed by atoms with Gasteiger partial charge < -0.3 is 0 Å². The third kappa shape index (κ3) is 3.41. The van der Waals surface area contributed by atoms with Crippen LogP contribution in [0, 0.1) is 0 Å². The van der Waals surface area contributed by atoms with E-state index in [1.165, 1.54) is 0 Å². The van der Waals surface area contributed by atoms with Gasteiger partial charge in [-0.25, -0.2) is 0 Å². The molecule has 0 unspecified atom stereocenters. The summed E-state index contributed by atoms with van der Waals surface area (Å²) >= 11 is 0. The van der Waals surface area contributed by atoms with E-state index in [0.29, 0.717) is 0 Å². The van der Waals surface area contributed by atoms with Crippen LogP contribution < -0.4 is 0 Å². The van der Waals surface area contributed by atoms with Crippen molar-refractivity contribution in [2.24, 2.45) is 4.99 Å². The van der Waals surface area contributed by atoms with Crippen LogP contribution in [0.5, 0.6) is 0 Å². The lowest BCUT2D eigenvalue weighted by molar-refractivity contribution is 1.53. The minimum absolute atomic E-state index is 1.75. The summed E-state index contributed by atoms with van der Waals surface area (Å²) in [5.74, 6) is 0. The maximum atomic E-state index is 3.78. The molecule has 0 aliphatic heterocycles. The Hall–Kier alpha value is -0.590. The summed E-state index contributed by atoms with van der Waals surface area (Å²) < 4.78 is 0. The van der Waals surface area contributed by atoms with Gasteiger partial charge in [0.2, 0.25) is 0 Å². The average Bonchev–Trinajstić information content (AvgIpc) is 1.61. The van der Waals surface area contributed by atoms with Gasteiger partial charge in [0.05, 0.1) is 0 Å². The summed E-state index contributed by atoms with van der Waals surface area (Å²) in [7, 11) is 0. The van der Waals surface area contributed by atoms with E-state index >= 15 is 0 Å². The van der Waals surface area contributed by atoms with Crippen molar-refractivity contribution in [3.8, 4) is 0 Å². The minimum atomic E-state index is 1.75. The summed E-state index contributed by atoms with van der Waals surface area (Å²) in [5, 5.41) is 0. The predicted octanol–water partition coefficient (Wildman–Crippen LogP) is 1.61. The molecule has 1 heteroatoms. The second kappa shape index (κ2) is 4.41. The molecule has 0 aromatic heterocycles. The van der Waals surface area contributed by atoms with Crippen LogP contribution in [0.1, 0.15) is 13.8 Å². The molecule has 0 saturated carbocycles. The van der Waals surface area contributed by atoms with Gasteiger partial charge in [-0.3, -0.25) is 4.99 Å². The smallest absolute Gasteiger partial charge is 0.0221 e. The highest BCUT2D eigenvalue weighted by atomic mass is 14.6. The Bertz CT molecular complexity index is 52.3. The third-order valence-electron chi connectivity index (χ3n) is 0.384. The zero-order chi connectivity index (χ0) is 4.83. The summed E-state index contributed by atoms with van der Waals surface area (Å²) in [5.41, 5.74) is 0. The zero-order valence-corrected chi connectivity index (χ0v) is 4.18. The molecule has 34 valence electrons. The van der Waals surface area contributed by atoms with Crippen LogP contribution in [0.2, 0.25) is 0 Å². The standard InChI is InChI=1S/C5H9N/c1-3-5-6-4-2/h3-5H,1-2H3/b5-3+,6-4?. The number of nitrogens with zero attached hydrogens (tertiary/aromatic N) is 1. The van der Waals surface area contributed by atoms with E-state index in [9.17, 15) is 0 Å². The lowest BCUT2D eigenvalue weighted by Crippen LogP contribution is -1.49. The van der Waals surface area contributed by atoms with Gasteiger partial charge in [0.15, 0.2) is 0 Å². The van der Waals surface area contributed by atoms with Crippen LogP contribution in [0.15, 0.2) is 17.3 Å². The van der Waals surface area contributed by atoms with Gasteiger partial charge in [0.1, 0.15) is 0 Å². The number of aliphatic imine (C=N–C) groups is 1. The topological polar surface area (TPSA) is 12.4 Å². The van der Waals surface area contributed by atoms with Crippen molar-refractivity contribution in [2.45, 2.75) is 13.8 Å². The van der Waals surface area contributed by atoms with E-state index in [-0.39, 0.29) is 0 Å². The Morgan fingerprint density at radius 2 is 2.00 bits per heavy atom. The van der Waals surface area contributed by atoms with E-state index < -0.39 is 0 Å². The molecule has 1 nitrogen and oxygen atoms in total. The van der Waals surface area contributed by atoms with E-state index in [1.807, 2.05) is 19.9 Å². The number of hydrogen-bond acceptors (Lipinski definition) is 1. The molecular formula is C5H9N. The number of hydrogen-bond donors (Lipinski definition) is 0. The van der Waals surface area contributed by atoms with Gasteiger partial charge in [-0.05, 0) is 13.8 Å². The molecule has 0 fully saturated rings. The normalized spacial score (nSPS) is 11.7. The van der Waals surface area contributed by atoms with Gasteiger partial charge in [0, 0.05) is 12.4 Å². The fourth-order valence-corrected chi connectivity index (χ4v) is 0.172. The molecule has 0 bridgehead atoms. The van der Waals surface area contributed by atoms with Crippen LogP contribution >= 0.6 is 0 Å².